The van der Waals surface area contributed by atoms with Gasteiger partial charge in [0, 0.05) is 6.04 Å². The molecule has 0 aliphatic rings. The molecule has 0 aliphatic heterocycles. The summed E-state index contributed by atoms with van der Waals surface area (Å²) in [5.41, 5.74) is 7.48. The summed E-state index contributed by atoms with van der Waals surface area (Å²) < 4.78 is 1.72. The van der Waals surface area contributed by atoms with Crippen LogP contribution >= 0.6 is 12.4 Å². The van der Waals surface area contributed by atoms with E-state index < -0.39 is 0 Å². The second-order valence-electron chi connectivity index (χ2n) is 3.21. The highest BCUT2D eigenvalue weighted by Crippen LogP contribution is 2.09. The quantitative estimate of drug-likeness (QED) is 0.845. The van der Waals surface area contributed by atoms with Crippen molar-refractivity contribution in [2.24, 2.45) is 5.73 Å². The molecule has 0 amide bonds. The fourth-order valence-electron chi connectivity index (χ4n) is 1.19. The van der Waals surface area contributed by atoms with Crippen LogP contribution in [-0.4, -0.2) is 15.0 Å². The van der Waals surface area contributed by atoms with E-state index in [0.29, 0.717) is 0 Å². The minimum atomic E-state index is -0.0764. The highest BCUT2D eigenvalue weighted by molar-refractivity contribution is 5.85. The van der Waals surface area contributed by atoms with Gasteiger partial charge in [-0.3, -0.25) is 0 Å². The normalized spacial score (nSPS) is 11.9. The van der Waals surface area contributed by atoms with Crippen molar-refractivity contribution >= 4 is 12.4 Å². The number of nitrogens with zero attached hydrogens (tertiary/aromatic N) is 3. The summed E-state index contributed by atoms with van der Waals surface area (Å²) in [5, 5.41) is 7.97. The second kappa shape index (κ2) is 4.91. The Balaban J connectivity index is 0.00000112. The smallest absolute Gasteiger partial charge is 0.0995 e. The van der Waals surface area contributed by atoms with Crippen LogP contribution in [0.2, 0.25) is 0 Å². The number of halogens is 1. The first-order valence-corrected chi connectivity index (χ1v) is 4.50. The minimum absolute atomic E-state index is 0. The van der Waals surface area contributed by atoms with Gasteiger partial charge in [-0.25, -0.2) is 4.68 Å². The molecule has 1 atom stereocenters. The van der Waals surface area contributed by atoms with Crippen LogP contribution in [0.1, 0.15) is 18.7 Å². The molecule has 1 unspecified atom stereocenters. The van der Waals surface area contributed by atoms with E-state index in [0.717, 1.165) is 11.4 Å². The predicted octanol–water partition coefficient (Wildman–Crippen LogP) is 1.71. The number of hydrogen-bond acceptors (Lipinski definition) is 3. The molecule has 15 heavy (non-hydrogen) atoms. The largest absolute Gasteiger partial charge is 0.323 e. The van der Waals surface area contributed by atoms with E-state index in [9.17, 15) is 0 Å². The van der Waals surface area contributed by atoms with Gasteiger partial charge in [0.2, 0.25) is 0 Å². The maximum atomic E-state index is 5.69. The molecule has 80 valence electrons. The van der Waals surface area contributed by atoms with Gasteiger partial charge in [0.25, 0.3) is 0 Å². The molecule has 1 aromatic heterocycles. The van der Waals surface area contributed by atoms with E-state index >= 15 is 0 Å². The molecular formula is C10H13ClN4. The Morgan fingerprint density at radius 3 is 2.47 bits per heavy atom. The number of nitrogens with two attached hydrogens (primary N) is 1. The highest BCUT2D eigenvalue weighted by Gasteiger charge is 2.05. The Morgan fingerprint density at radius 1 is 1.27 bits per heavy atom. The molecule has 2 rings (SSSR count). The van der Waals surface area contributed by atoms with Gasteiger partial charge in [-0.2, -0.15) is 0 Å². The van der Waals surface area contributed by atoms with Crippen LogP contribution in [0.25, 0.3) is 5.69 Å². The van der Waals surface area contributed by atoms with Crippen molar-refractivity contribution in [1.82, 2.24) is 15.0 Å². The summed E-state index contributed by atoms with van der Waals surface area (Å²) in [5.74, 6) is 0. The number of rotatable bonds is 2. The maximum Gasteiger partial charge on any atom is 0.0995 e. The molecule has 0 aliphatic carbocycles. The Kier molecular flexibility index (Phi) is 3.82. The Bertz CT molecular complexity index is 410. The SMILES string of the molecule is CC(N)c1cn(-c2ccccc2)nn1.Cl. The van der Waals surface area contributed by atoms with E-state index in [-0.39, 0.29) is 18.4 Å². The number of hydrogen-bond donors (Lipinski definition) is 1. The lowest BCUT2D eigenvalue weighted by atomic mass is 10.3. The van der Waals surface area contributed by atoms with Crippen LogP contribution in [0.3, 0.4) is 0 Å². The predicted molar refractivity (Wildman–Crippen MR) is 61.2 cm³/mol. The Labute approximate surface area is 94.5 Å². The van der Waals surface area contributed by atoms with Crippen LogP contribution in [0.5, 0.6) is 0 Å². The van der Waals surface area contributed by atoms with Crippen LogP contribution in [0.15, 0.2) is 36.5 Å². The van der Waals surface area contributed by atoms with Crippen molar-refractivity contribution in [3.63, 3.8) is 0 Å². The van der Waals surface area contributed by atoms with Gasteiger partial charge in [-0.1, -0.05) is 23.4 Å². The first-order chi connectivity index (χ1) is 6.77. The number of para-hydroxylation sites is 1. The fraction of sp³-hybridized carbons (Fsp3) is 0.200. The number of aromatic nitrogens is 3. The fourth-order valence-corrected chi connectivity index (χ4v) is 1.19. The lowest BCUT2D eigenvalue weighted by Gasteiger charge is -1.98. The molecule has 0 radical (unpaired) electrons. The lowest BCUT2D eigenvalue weighted by Crippen LogP contribution is -2.04. The Morgan fingerprint density at radius 2 is 1.93 bits per heavy atom. The topological polar surface area (TPSA) is 56.7 Å². The zero-order valence-corrected chi connectivity index (χ0v) is 9.19. The van der Waals surface area contributed by atoms with Crippen LogP contribution in [0, 0.1) is 0 Å². The van der Waals surface area contributed by atoms with Gasteiger partial charge in [0.1, 0.15) is 0 Å². The van der Waals surface area contributed by atoms with E-state index in [1.165, 1.54) is 0 Å². The monoisotopic (exact) mass is 224 g/mol. The van der Waals surface area contributed by atoms with Crippen molar-refractivity contribution in [2.75, 3.05) is 0 Å². The van der Waals surface area contributed by atoms with Gasteiger partial charge >= 0.3 is 0 Å². The first kappa shape index (κ1) is 11.7. The molecule has 0 saturated carbocycles. The van der Waals surface area contributed by atoms with Gasteiger partial charge in [-0.05, 0) is 19.1 Å². The minimum Gasteiger partial charge on any atom is -0.323 e. The molecule has 0 saturated heterocycles. The lowest BCUT2D eigenvalue weighted by molar-refractivity contribution is 0.756. The van der Waals surface area contributed by atoms with Crippen molar-refractivity contribution < 1.29 is 0 Å². The van der Waals surface area contributed by atoms with Gasteiger partial charge < -0.3 is 5.73 Å². The molecule has 2 N–H and O–H groups in total. The summed E-state index contributed by atoms with van der Waals surface area (Å²) in [6, 6.07) is 9.75. The van der Waals surface area contributed by atoms with Crippen LogP contribution in [0.4, 0.5) is 0 Å². The van der Waals surface area contributed by atoms with E-state index in [1.807, 2.05) is 43.5 Å². The van der Waals surface area contributed by atoms with Gasteiger partial charge in [0.15, 0.2) is 0 Å². The molecule has 0 fully saturated rings. The summed E-state index contributed by atoms with van der Waals surface area (Å²) in [6.45, 7) is 1.89. The molecule has 0 spiro atoms. The van der Waals surface area contributed by atoms with Crippen molar-refractivity contribution in [3.8, 4) is 5.69 Å². The third-order valence-corrected chi connectivity index (χ3v) is 2.00. The summed E-state index contributed by atoms with van der Waals surface area (Å²) in [6.07, 6.45) is 1.85. The van der Waals surface area contributed by atoms with Crippen molar-refractivity contribution in [2.45, 2.75) is 13.0 Å². The first-order valence-electron chi connectivity index (χ1n) is 4.50. The Hall–Kier alpha value is -1.39. The summed E-state index contributed by atoms with van der Waals surface area (Å²) in [7, 11) is 0. The van der Waals surface area contributed by atoms with Crippen LogP contribution in [-0.2, 0) is 0 Å². The molecule has 1 heterocycles. The number of benzene rings is 1. The average Bonchev–Trinajstić information content (AvgIpc) is 2.68. The third kappa shape index (κ3) is 2.55. The third-order valence-electron chi connectivity index (χ3n) is 2.00. The molecule has 2 aromatic rings. The molecule has 1 aromatic carbocycles. The molecular weight excluding hydrogens is 212 g/mol. The standard InChI is InChI=1S/C10H12N4.ClH/c1-8(11)10-7-14(13-12-10)9-5-3-2-4-6-9;/h2-8H,11H2,1H3;1H. The van der Waals surface area contributed by atoms with Gasteiger partial charge in [0.05, 0.1) is 17.6 Å². The van der Waals surface area contributed by atoms with E-state index in [1.54, 1.807) is 4.68 Å². The molecule has 0 bridgehead atoms. The van der Waals surface area contributed by atoms with Gasteiger partial charge in [-0.15, -0.1) is 17.5 Å². The zero-order chi connectivity index (χ0) is 9.97. The summed E-state index contributed by atoms with van der Waals surface area (Å²) in [4.78, 5) is 0. The summed E-state index contributed by atoms with van der Waals surface area (Å²) >= 11 is 0. The average molecular weight is 225 g/mol. The van der Waals surface area contributed by atoms with Crippen molar-refractivity contribution in [1.29, 1.82) is 0 Å². The van der Waals surface area contributed by atoms with E-state index in [4.69, 9.17) is 5.73 Å². The molecule has 5 heteroatoms. The van der Waals surface area contributed by atoms with Crippen LogP contribution < -0.4 is 5.73 Å². The molecule has 4 nitrogen and oxygen atoms in total. The van der Waals surface area contributed by atoms with Crippen molar-refractivity contribution in [3.05, 3.63) is 42.2 Å². The van der Waals surface area contributed by atoms with E-state index in [2.05, 4.69) is 10.3 Å². The second-order valence-corrected chi connectivity index (χ2v) is 3.21. The maximum absolute atomic E-state index is 5.69. The zero-order valence-electron chi connectivity index (χ0n) is 8.37. The highest BCUT2D eigenvalue weighted by atomic mass is 35.5.